The number of nitrogens with one attached hydrogen (secondary N) is 2. The van der Waals surface area contributed by atoms with Crippen LogP contribution >= 0.6 is 0 Å². The molecule has 1 saturated heterocycles. The first-order chi connectivity index (χ1) is 18.5. The highest BCUT2D eigenvalue weighted by Gasteiger charge is 2.35. The van der Waals surface area contributed by atoms with Gasteiger partial charge in [0.25, 0.3) is 0 Å². The minimum Gasteiger partial charge on any atom is -0.383 e. The summed E-state index contributed by atoms with van der Waals surface area (Å²) >= 11 is 0. The summed E-state index contributed by atoms with van der Waals surface area (Å²) in [4.78, 5) is 19.8. The standard InChI is InChI=1S/C28H28F2N6O2/c1-38-14-13-35-17-21(19-10-11-22(29)23(30)15-19)26(18-35)32-28(37)33-27-16-25(24-9-5-6-12-31-24)34-36(27)20-7-3-2-4-8-20/h2-12,15-16,21,26H,13-14,17-18H2,1H3,(H2,32,33,37)/t21-,26+/m0/s1. The first-order valence-corrected chi connectivity index (χ1v) is 12.3. The molecule has 3 heterocycles. The zero-order valence-electron chi connectivity index (χ0n) is 20.8. The molecule has 8 nitrogen and oxygen atoms in total. The zero-order valence-corrected chi connectivity index (χ0v) is 20.8. The molecule has 1 fully saturated rings. The molecule has 2 amide bonds. The number of ether oxygens (including phenoxy) is 1. The molecule has 2 aromatic heterocycles. The van der Waals surface area contributed by atoms with Gasteiger partial charge in [-0.1, -0.05) is 30.3 Å². The van der Waals surface area contributed by atoms with Crippen LogP contribution in [0.5, 0.6) is 0 Å². The van der Waals surface area contributed by atoms with E-state index in [4.69, 9.17) is 4.74 Å². The van der Waals surface area contributed by atoms with Crippen LogP contribution in [0.4, 0.5) is 19.4 Å². The largest absolute Gasteiger partial charge is 0.383 e. The first-order valence-electron chi connectivity index (χ1n) is 12.3. The van der Waals surface area contributed by atoms with Crippen LogP contribution in [-0.4, -0.2) is 65.1 Å². The van der Waals surface area contributed by atoms with Gasteiger partial charge in [0.1, 0.15) is 11.5 Å². The van der Waals surface area contributed by atoms with Crippen molar-refractivity contribution in [1.82, 2.24) is 25.0 Å². The highest BCUT2D eigenvalue weighted by atomic mass is 19.2. The van der Waals surface area contributed by atoms with Crippen LogP contribution in [0.3, 0.4) is 0 Å². The number of hydrogen-bond acceptors (Lipinski definition) is 5. The van der Waals surface area contributed by atoms with Crippen LogP contribution in [-0.2, 0) is 4.74 Å². The molecule has 5 rings (SSSR count). The number of nitrogens with zero attached hydrogens (tertiary/aromatic N) is 4. The second-order valence-electron chi connectivity index (χ2n) is 9.11. The van der Waals surface area contributed by atoms with E-state index in [0.717, 1.165) is 11.8 Å². The third-order valence-corrected chi connectivity index (χ3v) is 6.57. The van der Waals surface area contributed by atoms with Crippen molar-refractivity contribution in [1.29, 1.82) is 0 Å². The molecule has 2 N–H and O–H groups in total. The molecule has 0 spiro atoms. The lowest BCUT2D eigenvalue weighted by atomic mass is 9.94. The molecule has 0 bridgehead atoms. The van der Waals surface area contributed by atoms with Crippen molar-refractivity contribution in [3.05, 3.63) is 96.2 Å². The molecule has 4 aromatic rings. The van der Waals surface area contributed by atoms with Gasteiger partial charge < -0.3 is 10.1 Å². The number of halogens is 2. The molecule has 1 aliphatic rings. The summed E-state index contributed by atoms with van der Waals surface area (Å²) in [7, 11) is 1.63. The fraction of sp³-hybridized carbons (Fsp3) is 0.250. The normalized spacial score (nSPS) is 17.4. The Morgan fingerprint density at radius 3 is 2.55 bits per heavy atom. The smallest absolute Gasteiger partial charge is 0.320 e. The summed E-state index contributed by atoms with van der Waals surface area (Å²) in [5, 5.41) is 10.6. The minimum atomic E-state index is -0.908. The molecule has 0 aliphatic carbocycles. The number of aromatic nitrogens is 3. The summed E-state index contributed by atoms with van der Waals surface area (Å²) in [6.07, 6.45) is 1.69. The van der Waals surface area contributed by atoms with Gasteiger partial charge in [-0.15, -0.1) is 0 Å². The first kappa shape index (κ1) is 25.5. The molecular formula is C28H28F2N6O2. The van der Waals surface area contributed by atoms with Gasteiger partial charge in [0, 0.05) is 44.9 Å². The van der Waals surface area contributed by atoms with E-state index < -0.39 is 17.7 Å². The van der Waals surface area contributed by atoms with Gasteiger partial charge in [-0.2, -0.15) is 5.10 Å². The van der Waals surface area contributed by atoms with Crippen molar-refractivity contribution < 1.29 is 18.3 Å². The monoisotopic (exact) mass is 518 g/mol. The van der Waals surface area contributed by atoms with E-state index in [9.17, 15) is 13.6 Å². The Balaban J connectivity index is 1.38. The average molecular weight is 519 g/mol. The molecule has 0 saturated carbocycles. The summed E-state index contributed by atoms with van der Waals surface area (Å²) in [5.74, 6) is -1.57. The summed E-state index contributed by atoms with van der Waals surface area (Å²) in [6.45, 7) is 2.30. The molecule has 0 radical (unpaired) electrons. The fourth-order valence-corrected chi connectivity index (χ4v) is 4.71. The molecule has 2 aromatic carbocycles. The lowest BCUT2D eigenvalue weighted by Gasteiger charge is -2.21. The third kappa shape index (κ3) is 5.71. The van der Waals surface area contributed by atoms with Crippen molar-refractivity contribution in [3.63, 3.8) is 0 Å². The number of pyridine rings is 1. The Morgan fingerprint density at radius 2 is 1.82 bits per heavy atom. The maximum atomic E-state index is 14.0. The van der Waals surface area contributed by atoms with Gasteiger partial charge in [-0.05, 0) is 42.0 Å². The van der Waals surface area contributed by atoms with Gasteiger partial charge in [0.05, 0.1) is 24.0 Å². The van der Waals surface area contributed by atoms with E-state index in [0.29, 0.717) is 49.0 Å². The van der Waals surface area contributed by atoms with Crippen LogP contribution in [0, 0.1) is 11.6 Å². The van der Waals surface area contributed by atoms with E-state index in [1.54, 1.807) is 30.1 Å². The Kier molecular flexibility index (Phi) is 7.71. The molecule has 0 unspecified atom stereocenters. The number of anilines is 1. The Labute approximate surface area is 219 Å². The summed E-state index contributed by atoms with van der Waals surface area (Å²) < 4.78 is 34.5. The van der Waals surface area contributed by atoms with Crippen LogP contribution in [0.1, 0.15) is 11.5 Å². The van der Waals surface area contributed by atoms with Crippen molar-refractivity contribution in [2.75, 3.05) is 38.7 Å². The van der Waals surface area contributed by atoms with Crippen molar-refractivity contribution >= 4 is 11.8 Å². The number of rotatable bonds is 8. The van der Waals surface area contributed by atoms with Gasteiger partial charge in [0.15, 0.2) is 11.6 Å². The predicted molar refractivity (Wildman–Crippen MR) is 140 cm³/mol. The molecule has 196 valence electrons. The van der Waals surface area contributed by atoms with E-state index >= 15 is 0 Å². The van der Waals surface area contributed by atoms with Crippen molar-refractivity contribution in [3.8, 4) is 17.1 Å². The molecule has 10 heteroatoms. The molecule has 2 atom stereocenters. The van der Waals surface area contributed by atoms with E-state index in [2.05, 4.69) is 25.6 Å². The number of benzene rings is 2. The third-order valence-electron chi connectivity index (χ3n) is 6.57. The van der Waals surface area contributed by atoms with Crippen LogP contribution < -0.4 is 10.6 Å². The Bertz CT molecular complexity index is 1380. The Hall–Kier alpha value is -4.15. The number of para-hydroxylation sites is 1. The number of urea groups is 1. The second-order valence-corrected chi connectivity index (χ2v) is 9.11. The number of likely N-dealkylation sites (tertiary alicyclic amines) is 1. The number of carbonyl (C=O) groups is 1. The highest BCUT2D eigenvalue weighted by molar-refractivity contribution is 5.89. The van der Waals surface area contributed by atoms with Gasteiger partial charge in [0.2, 0.25) is 0 Å². The van der Waals surface area contributed by atoms with E-state index in [-0.39, 0.29) is 12.0 Å². The zero-order chi connectivity index (χ0) is 26.5. The van der Waals surface area contributed by atoms with Crippen LogP contribution in [0.15, 0.2) is 79.0 Å². The lowest BCUT2D eigenvalue weighted by molar-refractivity contribution is 0.159. The number of methoxy groups -OCH3 is 1. The second kappa shape index (κ2) is 11.5. The minimum absolute atomic E-state index is 0.226. The van der Waals surface area contributed by atoms with Crippen molar-refractivity contribution in [2.24, 2.45) is 0 Å². The van der Waals surface area contributed by atoms with Gasteiger partial charge in [-0.3, -0.25) is 15.2 Å². The Morgan fingerprint density at radius 1 is 1.00 bits per heavy atom. The van der Waals surface area contributed by atoms with E-state index in [1.165, 1.54) is 6.07 Å². The number of hydrogen-bond donors (Lipinski definition) is 2. The highest BCUT2D eigenvalue weighted by Crippen LogP contribution is 2.29. The molecular weight excluding hydrogens is 490 g/mol. The average Bonchev–Trinajstić information content (AvgIpc) is 3.54. The van der Waals surface area contributed by atoms with Gasteiger partial charge in [-0.25, -0.2) is 18.3 Å². The number of carbonyl (C=O) groups excluding carboxylic acids is 1. The van der Waals surface area contributed by atoms with E-state index in [1.807, 2.05) is 48.5 Å². The SMILES string of the molecule is COCCN1C[C@@H](NC(=O)Nc2cc(-c3ccccn3)nn2-c2ccccc2)[C@H](c2ccc(F)c(F)c2)C1. The summed E-state index contributed by atoms with van der Waals surface area (Å²) in [5.41, 5.74) is 2.68. The van der Waals surface area contributed by atoms with Gasteiger partial charge >= 0.3 is 6.03 Å². The summed E-state index contributed by atoms with van der Waals surface area (Å²) in [6, 6.07) is 19.9. The predicted octanol–water partition coefficient (Wildman–Crippen LogP) is 4.45. The lowest BCUT2D eigenvalue weighted by Crippen LogP contribution is -2.42. The molecule has 1 aliphatic heterocycles. The topological polar surface area (TPSA) is 84.3 Å². The number of amides is 2. The molecule has 38 heavy (non-hydrogen) atoms. The van der Waals surface area contributed by atoms with Crippen molar-refractivity contribution in [2.45, 2.75) is 12.0 Å². The maximum absolute atomic E-state index is 14.0. The fourth-order valence-electron chi connectivity index (χ4n) is 4.71. The van der Waals surface area contributed by atoms with Crippen LogP contribution in [0.2, 0.25) is 0 Å². The maximum Gasteiger partial charge on any atom is 0.320 e. The quantitative estimate of drug-likeness (QED) is 0.360. The van der Waals surface area contributed by atoms with Crippen LogP contribution in [0.25, 0.3) is 17.1 Å².